The highest BCUT2D eigenvalue weighted by Crippen LogP contribution is 2.52. The molecule has 2 aliphatic carbocycles. The number of hydrogen-bond donors (Lipinski definition) is 1. The van der Waals surface area contributed by atoms with Crippen LogP contribution in [0.3, 0.4) is 0 Å². The lowest BCUT2D eigenvalue weighted by atomic mass is 9.98. The maximum Gasteiger partial charge on any atom is 0.0537 e. The standard InChI is InChI=1S/C10H17NO/c1-4-10(7-12-5-1)6-9(10)11-8-2-3-8/h8-9,11H,1-7H2. The Morgan fingerprint density at radius 3 is 2.92 bits per heavy atom. The summed E-state index contributed by atoms with van der Waals surface area (Å²) in [6.45, 7) is 2.02. The van der Waals surface area contributed by atoms with Gasteiger partial charge >= 0.3 is 0 Å². The van der Waals surface area contributed by atoms with Gasteiger partial charge in [-0.1, -0.05) is 0 Å². The van der Waals surface area contributed by atoms with Gasteiger partial charge in [0.15, 0.2) is 0 Å². The zero-order valence-corrected chi connectivity index (χ0v) is 7.51. The fourth-order valence-corrected chi connectivity index (χ4v) is 2.43. The molecule has 0 aromatic rings. The van der Waals surface area contributed by atoms with Crippen LogP contribution in [-0.2, 0) is 4.74 Å². The molecule has 1 heterocycles. The predicted octanol–water partition coefficient (Wildman–Crippen LogP) is 1.31. The summed E-state index contributed by atoms with van der Waals surface area (Å²) in [7, 11) is 0. The van der Waals surface area contributed by atoms with Crippen LogP contribution >= 0.6 is 0 Å². The largest absolute Gasteiger partial charge is 0.381 e. The van der Waals surface area contributed by atoms with Crippen LogP contribution in [0.15, 0.2) is 0 Å². The van der Waals surface area contributed by atoms with Crippen molar-refractivity contribution in [2.24, 2.45) is 5.41 Å². The molecular formula is C10H17NO. The third kappa shape index (κ3) is 1.17. The van der Waals surface area contributed by atoms with Gasteiger partial charge in [0.05, 0.1) is 6.61 Å². The monoisotopic (exact) mass is 167 g/mol. The van der Waals surface area contributed by atoms with Crippen LogP contribution in [0, 0.1) is 5.41 Å². The van der Waals surface area contributed by atoms with Gasteiger partial charge in [-0.3, -0.25) is 0 Å². The van der Waals surface area contributed by atoms with Gasteiger partial charge in [0.2, 0.25) is 0 Å². The molecule has 0 radical (unpaired) electrons. The maximum absolute atomic E-state index is 5.54. The molecule has 3 fully saturated rings. The van der Waals surface area contributed by atoms with E-state index in [9.17, 15) is 0 Å². The van der Waals surface area contributed by atoms with Crippen molar-refractivity contribution in [1.29, 1.82) is 0 Å². The van der Waals surface area contributed by atoms with E-state index in [1.165, 1.54) is 32.1 Å². The summed E-state index contributed by atoms with van der Waals surface area (Å²) >= 11 is 0. The van der Waals surface area contributed by atoms with Crippen LogP contribution in [0.4, 0.5) is 0 Å². The molecule has 1 saturated heterocycles. The van der Waals surface area contributed by atoms with Gasteiger partial charge in [-0.25, -0.2) is 0 Å². The Bertz CT molecular complexity index is 182. The Balaban J connectivity index is 1.56. The molecule has 1 aliphatic heterocycles. The Hall–Kier alpha value is -0.0800. The number of nitrogens with one attached hydrogen (secondary N) is 1. The third-order valence-electron chi connectivity index (χ3n) is 3.56. The first-order valence-electron chi connectivity index (χ1n) is 5.23. The summed E-state index contributed by atoms with van der Waals surface area (Å²) in [6, 6.07) is 1.68. The van der Waals surface area contributed by atoms with E-state index in [-0.39, 0.29) is 0 Å². The fourth-order valence-electron chi connectivity index (χ4n) is 2.43. The van der Waals surface area contributed by atoms with Crippen molar-refractivity contribution in [1.82, 2.24) is 5.32 Å². The van der Waals surface area contributed by atoms with Crippen LogP contribution < -0.4 is 5.32 Å². The van der Waals surface area contributed by atoms with Crippen molar-refractivity contribution in [2.75, 3.05) is 13.2 Å². The van der Waals surface area contributed by atoms with E-state index < -0.39 is 0 Å². The predicted molar refractivity (Wildman–Crippen MR) is 47.0 cm³/mol. The second kappa shape index (κ2) is 2.46. The Kier molecular flexibility index (Phi) is 1.50. The summed E-state index contributed by atoms with van der Waals surface area (Å²) in [5.74, 6) is 0. The molecule has 0 bridgehead atoms. The minimum atomic E-state index is 0.584. The zero-order valence-electron chi connectivity index (χ0n) is 7.51. The van der Waals surface area contributed by atoms with Crippen LogP contribution in [0.2, 0.25) is 0 Å². The van der Waals surface area contributed by atoms with E-state index in [1.807, 2.05) is 0 Å². The van der Waals surface area contributed by atoms with E-state index in [4.69, 9.17) is 4.74 Å². The normalized spacial score (nSPS) is 46.5. The summed E-state index contributed by atoms with van der Waals surface area (Å²) in [4.78, 5) is 0. The molecular weight excluding hydrogens is 150 g/mol. The Labute approximate surface area is 73.7 Å². The quantitative estimate of drug-likeness (QED) is 0.669. The SMILES string of the molecule is C1COCC2(C1)CC2NC1CC1. The first-order chi connectivity index (χ1) is 5.89. The van der Waals surface area contributed by atoms with Gasteiger partial charge in [-0.15, -0.1) is 0 Å². The van der Waals surface area contributed by atoms with Crippen LogP contribution in [0.1, 0.15) is 32.1 Å². The van der Waals surface area contributed by atoms with Crippen molar-refractivity contribution >= 4 is 0 Å². The lowest BCUT2D eigenvalue weighted by Gasteiger charge is -2.22. The molecule has 12 heavy (non-hydrogen) atoms. The minimum absolute atomic E-state index is 0.584. The van der Waals surface area contributed by atoms with Gasteiger partial charge in [0, 0.05) is 24.1 Å². The smallest absolute Gasteiger partial charge is 0.0537 e. The second-order valence-corrected chi connectivity index (χ2v) is 4.72. The van der Waals surface area contributed by atoms with E-state index in [1.54, 1.807) is 0 Å². The molecule has 0 aromatic heterocycles. The van der Waals surface area contributed by atoms with Gasteiger partial charge in [0.1, 0.15) is 0 Å². The van der Waals surface area contributed by atoms with Crippen molar-refractivity contribution < 1.29 is 4.74 Å². The molecule has 3 rings (SSSR count). The molecule has 2 nitrogen and oxygen atoms in total. The minimum Gasteiger partial charge on any atom is -0.381 e. The van der Waals surface area contributed by atoms with Gasteiger partial charge in [-0.2, -0.15) is 0 Å². The summed E-state index contributed by atoms with van der Waals surface area (Å²) in [5.41, 5.74) is 0.584. The highest BCUT2D eigenvalue weighted by Gasteiger charge is 2.55. The molecule has 68 valence electrons. The first kappa shape index (κ1) is 7.34. The maximum atomic E-state index is 5.54. The van der Waals surface area contributed by atoms with E-state index in [2.05, 4.69) is 5.32 Å². The highest BCUT2D eigenvalue weighted by molar-refractivity contribution is 5.10. The van der Waals surface area contributed by atoms with Crippen molar-refractivity contribution in [3.63, 3.8) is 0 Å². The van der Waals surface area contributed by atoms with Gasteiger partial charge < -0.3 is 10.1 Å². The van der Waals surface area contributed by atoms with Crippen molar-refractivity contribution in [3.8, 4) is 0 Å². The topological polar surface area (TPSA) is 21.3 Å². The third-order valence-corrected chi connectivity index (χ3v) is 3.56. The molecule has 0 amide bonds. The lowest BCUT2D eigenvalue weighted by molar-refractivity contribution is 0.0391. The summed E-state index contributed by atoms with van der Waals surface area (Å²) in [5, 5.41) is 3.71. The summed E-state index contributed by atoms with van der Waals surface area (Å²) < 4.78 is 5.54. The number of hydrogen-bond acceptors (Lipinski definition) is 2. The lowest BCUT2D eigenvalue weighted by Crippen LogP contribution is -2.30. The molecule has 2 saturated carbocycles. The van der Waals surface area contributed by atoms with Crippen molar-refractivity contribution in [3.05, 3.63) is 0 Å². The fraction of sp³-hybridized carbons (Fsp3) is 1.00. The van der Waals surface area contributed by atoms with E-state index in [0.717, 1.165) is 25.3 Å². The van der Waals surface area contributed by atoms with Crippen LogP contribution in [0.25, 0.3) is 0 Å². The molecule has 3 aliphatic rings. The number of rotatable bonds is 2. The molecule has 2 atom stereocenters. The number of ether oxygens (including phenoxy) is 1. The average Bonchev–Trinajstić information content (AvgIpc) is 2.97. The molecule has 2 unspecified atom stereocenters. The summed E-state index contributed by atoms with van der Waals surface area (Å²) in [6.07, 6.45) is 6.88. The zero-order chi connectivity index (χ0) is 8.02. The molecule has 0 aromatic carbocycles. The highest BCUT2D eigenvalue weighted by atomic mass is 16.5. The first-order valence-corrected chi connectivity index (χ1v) is 5.23. The van der Waals surface area contributed by atoms with E-state index in [0.29, 0.717) is 5.41 Å². The Morgan fingerprint density at radius 2 is 2.25 bits per heavy atom. The van der Waals surface area contributed by atoms with E-state index >= 15 is 0 Å². The molecule has 2 heteroatoms. The van der Waals surface area contributed by atoms with Gasteiger partial charge in [0.25, 0.3) is 0 Å². The molecule has 1 N–H and O–H groups in total. The van der Waals surface area contributed by atoms with Crippen LogP contribution in [-0.4, -0.2) is 25.3 Å². The van der Waals surface area contributed by atoms with Crippen molar-refractivity contribution in [2.45, 2.75) is 44.2 Å². The van der Waals surface area contributed by atoms with Crippen LogP contribution in [0.5, 0.6) is 0 Å². The average molecular weight is 167 g/mol. The van der Waals surface area contributed by atoms with Gasteiger partial charge in [-0.05, 0) is 32.1 Å². The molecule has 1 spiro atoms. The Morgan fingerprint density at radius 1 is 1.33 bits per heavy atom. The second-order valence-electron chi connectivity index (χ2n) is 4.72.